The summed E-state index contributed by atoms with van der Waals surface area (Å²) >= 11 is 0. The molecule has 0 fully saturated rings. The molecule has 0 spiro atoms. The van der Waals surface area contributed by atoms with E-state index in [0.717, 1.165) is 6.20 Å². The Morgan fingerprint density at radius 1 is 1.75 bits per heavy atom. The Morgan fingerprint density at radius 2 is 2.42 bits per heavy atom. The van der Waals surface area contributed by atoms with Crippen molar-refractivity contribution < 1.29 is 14.3 Å². The van der Waals surface area contributed by atoms with E-state index >= 15 is 0 Å². The van der Waals surface area contributed by atoms with E-state index in [1.165, 1.54) is 19.2 Å². The van der Waals surface area contributed by atoms with Crippen LogP contribution < -0.4 is 0 Å². The third kappa shape index (κ3) is 1.48. The Balaban J connectivity index is 3.19. The number of carbonyl (C=O) groups is 1. The van der Waals surface area contributed by atoms with Gasteiger partial charge in [0.25, 0.3) is 0 Å². The fraction of sp³-hybridized carbons (Fsp3) is 0.250. The molecular formula is C8H8FNO2. The van der Waals surface area contributed by atoms with Crippen molar-refractivity contribution in [1.82, 2.24) is 4.98 Å². The van der Waals surface area contributed by atoms with Gasteiger partial charge in [0.2, 0.25) is 0 Å². The fourth-order valence-corrected chi connectivity index (χ4v) is 0.849. The number of aliphatic hydroxyl groups is 1. The van der Waals surface area contributed by atoms with Crippen molar-refractivity contribution in [3.63, 3.8) is 0 Å². The fourth-order valence-electron chi connectivity index (χ4n) is 0.849. The lowest BCUT2D eigenvalue weighted by atomic mass is 9.99. The Bertz CT molecular complexity index is 299. The Labute approximate surface area is 68.9 Å². The van der Waals surface area contributed by atoms with Crippen LogP contribution in [0.2, 0.25) is 0 Å². The zero-order valence-electron chi connectivity index (χ0n) is 6.49. The first kappa shape index (κ1) is 8.80. The largest absolute Gasteiger partial charge is 0.378 e. The van der Waals surface area contributed by atoms with Gasteiger partial charge in [-0.15, -0.1) is 0 Å². The number of pyridine rings is 1. The second-order valence-corrected chi connectivity index (χ2v) is 2.62. The van der Waals surface area contributed by atoms with Gasteiger partial charge >= 0.3 is 0 Å². The van der Waals surface area contributed by atoms with E-state index in [-0.39, 0.29) is 11.8 Å². The van der Waals surface area contributed by atoms with Crippen LogP contribution in [0, 0.1) is 5.82 Å². The molecule has 1 aromatic rings. The summed E-state index contributed by atoms with van der Waals surface area (Å²) < 4.78 is 12.9. The Hall–Kier alpha value is -1.29. The standard InChI is InChI=1S/C8H8FNO2/c1-8(12,5-11)6-2-3-10-4-7(6)9/h2-5,12H,1H3. The SMILES string of the molecule is CC(O)(C=O)c1ccncc1F. The molecule has 0 aliphatic heterocycles. The summed E-state index contributed by atoms with van der Waals surface area (Å²) in [5.74, 6) is -0.686. The molecule has 12 heavy (non-hydrogen) atoms. The lowest BCUT2D eigenvalue weighted by Gasteiger charge is -2.15. The summed E-state index contributed by atoms with van der Waals surface area (Å²) in [5, 5.41) is 9.34. The van der Waals surface area contributed by atoms with Crippen molar-refractivity contribution in [3.8, 4) is 0 Å². The van der Waals surface area contributed by atoms with Gasteiger partial charge in [-0.1, -0.05) is 0 Å². The molecule has 0 bridgehead atoms. The number of hydrogen-bond acceptors (Lipinski definition) is 3. The highest BCUT2D eigenvalue weighted by Gasteiger charge is 2.25. The van der Waals surface area contributed by atoms with Crippen LogP contribution in [0.15, 0.2) is 18.5 Å². The van der Waals surface area contributed by atoms with Crippen LogP contribution in [0.25, 0.3) is 0 Å². The lowest BCUT2D eigenvalue weighted by molar-refractivity contribution is -0.123. The van der Waals surface area contributed by atoms with Crippen molar-refractivity contribution in [1.29, 1.82) is 0 Å². The van der Waals surface area contributed by atoms with Crippen LogP contribution >= 0.6 is 0 Å². The number of nitrogens with zero attached hydrogens (tertiary/aromatic N) is 1. The predicted octanol–water partition coefficient (Wildman–Crippen LogP) is 0.627. The van der Waals surface area contributed by atoms with E-state index in [2.05, 4.69) is 4.98 Å². The minimum atomic E-state index is -1.77. The molecule has 0 radical (unpaired) electrons. The zero-order chi connectivity index (χ0) is 9.19. The van der Waals surface area contributed by atoms with Crippen LogP contribution in [0.5, 0.6) is 0 Å². The van der Waals surface area contributed by atoms with E-state index in [4.69, 9.17) is 0 Å². The van der Waals surface area contributed by atoms with E-state index in [1.54, 1.807) is 0 Å². The van der Waals surface area contributed by atoms with Crippen LogP contribution in [-0.4, -0.2) is 16.4 Å². The summed E-state index contributed by atoms with van der Waals surface area (Å²) in [6, 6.07) is 1.27. The monoisotopic (exact) mass is 169 g/mol. The summed E-state index contributed by atoms with van der Waals surface area (Å²) in [6.07, 6.45) is 2.55. The second kappa shape index (κ2) is 2.98. The average Bonchev–Trinajstić information content (AvgIpc) is 2.05. The molecular weight excluding hydrogens is 161 g/mol. The Kier molecular flexibility index (Phi) is 2.19. The van der Waals surface area contributed by atoms with Gasteiger partial charge in [-0.3, -0.25) is 9.78 Å². The molecule has 1 atom stereocenters. The third-order valence-corrected chi connectivity index (χ3v) is 1.55. The minimum absolute atomic E-state index is 0.0625. The molecule has 64 valence electrons. The molecule has 0 saturated heterocycles. The zero-order valence-corrected chi connectivity index (χ0v) is 6.49. The van der Waals surface area contributed by atoms with Gasteiger partial charge in [0, 0.05) is 11.8 Å². The average molecular weight is 169 g/mol. The molecule has 1 heterocycles. The van der Waals surface area contributed by atoms with Crippen molar-refractivity contribution >= 4 is 6.29 Å². The van der Waals surface area contributed by atoms with Gasteiger partial charge in [0.15, 0.2) is 6.29 Å². The maximum absolute atomic E-state index is 12.9. The van der Waals surface area contributed by atoms with Crippen molar-refractivity contribution in [2.24, 2.45) is 0 Å². The van der Waals surface area contributed by atoms with E-state index in [9.17, 15) is 14.3 Å². The normalized spacial score (nSPS) is 15.2. The number of halogens is 1. The van der Waals surface area contributed by atoms with Gasteiger partial charge in [0.1, 0.15) is 11.4 Å². The molecule has 1 rings (SSSR count). The molecule has 4 heteroatoms. The first-order valence-corrected chi connectivity index (χ1v) is 3.36. The Morgan fingerprint density at radius 3 is 2.92 bits per heavy atom. The molecule has 0 saturated carbocycles. The van der Waals surface area contributed by atoms with Gasteiger partial charge in [-0.05, 0) is 13.0 Å². The number of rotatable bonds is 2. The molecule has 0 amide bonds. The molecule has 0 aromatic carbocycles. The number of carbonyl (C=O) groups excluding carboxylic acids is 1. The molecule has 0 aliphatic carbocycles. The van der Waals surface area contributed by atoms with Gasteiger partial charge in [0.05, 0.1) is 6.20 Å². The maximum atomic E-state index is 12.9. The van der Waals surface area contributed by atoms with Gasteiger partial charge in [-0.2, -0.15) is 0 Å². The summed E-state index contributed by atoms with van der Waals surface area (Å²) in [7, 11) is 0. The van der Waals surface area contributed by atoms with Crippen LogP contribution in [-0.2, 0) is 10.4 Å². The van der Waals surface area contributed by atoms with Gasteiger partial charge < -0.3 is 5.11 Å². The maximum Gasteiger partial charge on any atom is 0.155 e. The molecule has 1 aromatic heterocycles. The third-order valence-electron chi connectivity index (χ3n) is 1.55. The predicted molar refractivity (Wildman–Crippen MR) is 39.8 cm³/mol. The number of aromatic nitrogens is 1. The first-order chi connectivity index (χ1) is 5.58. The van der Waals surface area contributed by atoms with Crippen molar-refractivity contribution in [3.05, 3.63) is 29.8 Å². The van der Waals surface area contributed by atoms with E-state index in [0.29, 0.717) is 0 Å². The highest BCUT2D eigenvalue weighted by molar-refractivity contribution is 5.64. The summed E-state index contributed by atoms with van der Waals surface area (Å²) in [6.45, 7) is 1.22. The molecule has 0 aliphatic rings. The van der Waals surface area contributed by atoms with Crippen LogP contribution in [0.1, 0.15) is 12.5 Å². The van der Waals surface area contributed by atoms with E-state index in [1.807, 2.05) is 0 Å². The van der Waals surface area contributed by atoms with Crippen LogP contribution in [0.4, 0.5) is 4.39 Å². The summed E-state index contributed by atoms with van der Waals surface area (Å²) in [5.41, 5.74) is -1.83. The number of aldehydes is 1. The smallest absolute Gasteiger partial charge is 0.155 e. The summed E-state index contributed by atoms with van der Waals surface area (Å²) in [4.78, 5) is 13.8. The quantitative estimate of drug-likeness (QED) is 0.660. The first-order valence-electron chi connectivity index (χ1n) is 3.36. The minimum Gasteiger partial charge on any atom is -0.378 e. The van der Waals surface area contributed by atoms with Crippen molar-refractivity contribution in [2.75, 3.05) is 0 Å². The van der Waals surface area contributed by atoms with E-state index < -0.39 is 11.4 Å². The van der Waals surface area contributed by atoms with Gasteiger partial charge in [-0.25, -0.2) is 4.39 Å². The molecule has 1 N–H and O–H groups in total. The molecule has 1 unspecified atom stereocenters. The topological polar surface area (TPSA) is 50.2 Å². The number of hydrogen-bond donors (Lipinski definition) is 1. The lowest BCUT2D eigenvalue weighted by Crippen LogP contribution is -2.24. The highest BCUT2D eigenvalue weighted by Crippen LogP contribution is 2.19. The molecule has 3 nitrogen and oxygen atoms in total. The van der Waals surface area contributed by atoms with Crippen molar-refractivity contribution in [2.45, 2.75) is 12.5 Å². The second-order valence-electron chi connectivity index (χ2n) is 2.62. The van der Waals surface area contributed by atoms with Crippen LogP contribution in [0.3, 0.4) is 0 Å². The highest BCUT2D eigenvalue weighted by atomic mass is 19.1.